The quantitative estimate of drug-likeness (QED) is 0.299. The Morgan fingerprint density at radius 3 is 2.21 bits per heavy atom. The first-order chi connectivity index (χ1) is 12.9. The van der Waals surface area contributed by atoms with Crippen molar-refractivity contribution in [1.29, 1.82) is 0 Å². The zero-order valence-corrected chi connectivity index (χ0v) is 18.4. The fourth-order valence-electron chi connectivity index (χ4n) is 2.60. The van der Waals surface area contributed by atoms with Gasteiger partial charge < -0.3 is 25.8 Å². The molecule has 0 rings (SSSR count). The van der Waals surface area contributed by atoms with E-state index in [9.17, 15) is 14.4 Å². The van der Waals surface area contributed by atoms with Gasteiger partial charge in [0.1, 0.15) is 6.61 Å². The Kier molecular flexibility index (Phi) is 12.0. The summed E-state index contributed by atoms with van der Waals surface area (Å²) in [6.07, 6.45) is 3.16. The van der Waals surface area contributed by atoms with Crippen molar-refractivity contribution in [2.45, 2.75) is 90.8 Å². The highest BCUT2D eigenvalue weighted by atomic mass is 16.6. The highest BCUT2D eigenvalue weighted by Crippen LogP contribution is 2.16. The molecule has 0 bridgehead atoms. The molecule has 3 atom stereocenters. The average molecular weight is 402 g/mol. The highest BCUT2D eigenvalue weighted by Gasteiger charge is 2.26. The van der Waals surface area contributed by atoms with Gasteiger partial charge in [0, 0.05) is 31.3 Å². The molecular formula is C20H39N3O5. The Balaban J connectivity index is 4.47. The van der Waals surface area contributed by atoms with Crippen LogP contribution >= 0.6 is 0 Å². The molecule has 28 heavy (non-hydrogen) atoms. The predicted molar refractivity (Wildman–Crippen MR) is 109 cm³/mol. The normalized spacial score (nSPS) is 16.4. The number of nitrogens with two attached hydrogens (primary N) is 1. The van der Waals surface area contributed by atoms with E-state index in [4.69, 9.17) is 15.2 Å². The summed E-state index contributed by atoms with van der Waals surface area (Å²) < 4.78 is 9.94. The number of nitrogens with one attached hydrogen (secondary N) is 2. The number of carbonyl (C=O) groups excluding carboxylic acids is 3. The molecule has 0 aliphatic heterocycles. The molecule has 3 unspecified atom stereocenters. The summed E-state index contributed by atoms with van der Waals surface area (Å²) in [4.78, 5) is 34.5. The van der Waals surface area contributed by atoms with Gasteiger partial charge in [-0.1, -0.05) is 13.8 Å². The molecule has 0 saturated carbocycles. The van der Waals surface area contributed by atoms with Gasteiger partial charge >= 0.3 is 11.9 Å². The van der Waals surface area contributed by atoms with Crippen LogP contribution in [-0.2, 0) is 23.9 Å². The third-order valence-electron chi connectivity index (χ3n) is 4.95. The molecule has 8 nitrogen and oxygen atoms in total. The summed E-state index contributed by atoms with van der Waals surface area (Å²) in [6.45, 7) is 11.5. The van der Waals surface area contributed by atoms with E-state index in [1.165, 1.54) is 13.8 Å². The number of amides is 1. The average Bonchev–Trinajstić information content (AvgIpc) is 2.60. The number of ether oxygens (including phenoxy) is 2. The van der Waals surface area contributed by atoms with E-state index in [-0.39, 0.29) is 36.6 Å². The van der Waals surface area contributed by atoms with Crippen LogP contribution in [0.3, 0.4) is 0 Å². The summed E-state index contributed by atoms with van der Waals surface area (Å²) in [5.74, 6) is -1.12. The molecule has 0 heterocycles. The standard InChI is InChI=1S/C20H39N3O5/c1-7-19(5,21)10-9-11-23-20(6,8-2)12-18(26)22-13-17(28-16(4)25)14-27-15(3)24/h17,23H,7-14,21H2,1-6H3,(H,22,26). The zero-order valence-electron chi connectivity index (χ0n) is 18.4. The fourth-order valence-corrected chi connectivity index (χ4v) is 2.60. The van der Waals surface area contributed by atoms with Gasteiger partial charge in [-0.3, -0.25) is 14.4 Å². The lowest BCUT2D eigenvalue weighted by atomic mass is 9.92. The molecule has 0 aromatic carbocycles. The SMILES string of the molecule is CCC(C)(N)CCCNC(C)(CC)CC(=O)NCC(COC(C)=O)OC(C)=O. The molecular weight excluding hydrogens is 362 g/mol. The molecule has 0 aliphatic rings. The van der Waals surface area contributed by atoms with Crippen molar-refractivity contribution in [3.8, 4) is 0 Å². The minimum absolute atomic E-state index is 0.0895. The lowest BCUT2D eigenvalue weighted by Crippen LogP contribution is -2.48. The largest absolute Gasteiger partial charge is 0.462 e. The molecule has 0 fully saturated rings. The van der Waals surface area contributed by atoms with E-state index in [0.717, 1.165) is 32.2 Å². The smallest absolute Gasteiger partial charge is 0.303 e. The van der Waals surface area contributed by atoms with Crippen LogP contribution in [0.5, 0.6) is 0 Å². The van der Waals surface area contributed by atoms with E-state index in [0.29, 0.717) is 0 Å². The van der Waals surface area contributed by atoms with E-state index in [1.807, 2.05) is 13.8 Å². The summed E-state index contributed by atoms with van der Waals surface area (Å²) in [5, 5.41) is 6.22. The van der Waals surface area contributed by atoms with Gasteiger partial charge in [0.25, 0.3) is 0 Å². The predicted octanol–water partition coefficient (Wildman–Crippen LogP) is 1.65. The van der Waals surface area contributed by atoms with Crippen molar-refractivity contribution in [2.75, 3.05) is 19.7 Å². The second-order valence-corrected chi connectivity index (χ2v) is 7.97. The van der Waals surface area contributed by atoms with E-state index in [1.54, 1.807) is 0 Å². The minimum Gasteiger partial charge on any atom is -0.462 e. The van der Waals surface area contributed by atoms with Crippen LogP contribution in [0.25, 0.3) is 0 Å². The van der Waals surface area contributed by atoms with Gasteiger partial charge in [-0.05, 0) is 46.1 Å². The van der Waals surface area contributed by atoms with Gasteiger partial charge in [0.15, 0.2) is 6.10 Å². The van der Waals surface area contributed by atoms with Crippen molar-refractivity contribution in [3.05, 3.63) is 0 Å². The first-order valence-electron chi connectivity index (χ1n) is 10.0. The molecule has 164 valence electrons. The Bertz CT molecular complexity index is 510. The number of esters is 2. The van der Waals surface area contributed by atoms with Crippen LogP contribution in [0.2, 0.25) is 0 Å². The fraction of sp³-hybridized carbons (Fsp3) is 0.850. The van der Waals surface area contributed by atoms with Gasteiger partial charge in [-0.15, -0.1) is 0 Å². The van der Waals surface area contributed by atoms with Crippen molar-refractivity contribution >= 4 is 17.8 Å². The van der Waals surface area contributed by atoms with Crippen molar-refractivity contribution in [1.82, 2.24) is 10.6 Å². The van der Waals surface area contributed by atoms with Crippen LogP contribution in [0.15, 0.2) is 0 Å². The monoisotopic (exact) mass is 401 g/mol. The summed E-state index contributed by atoms with van der Waals surface area (Å²) in [5.41, 5.74) is 5.67. The summed E-state index contributed by atoms with van der Waals surface area (Å²) in [7, 11) is 0. The molecule has 0 spiro atoms. The van der Waals surface area contributed by atoms with Gasteiger partial charge in [0.05, 0.1) is 6.54 Å². The Hall–Kier alpha value is -1.67. The van der Waals surface area contributed by atoms with Gasteiger partial charge in [0.2, 0.25) is 5.91 Å². The van der Waals surface area contributed by atoms with Crippen molar-refractivity contribution < 1.29 is 23.9 Å². The Morgan fingerprint density at radius 2 is 1.71 bits per heavy atom. The highest BCUT2D eigenvalue weighted by molar-refractivity contribution is 5.77. The lowest BCUT2D eigenvalue weighted by molar-refractivity contribution is -0.156. The van der Waals surface area contributed by atoms with Crippen molar-refractivity contribution in [2.24, 2.45) is 5.73 Å². The number of hydrogen-bond acceptors (Lipinski definition) is 7. The molecule has 4 N–H and O–H groups in total. The molecule has 0 aliphatic carbocycles. The Morgan fingerprint density at radius 1 is 1.07 bits per heavy atom. The second kappa shape index (κ2) is 12.7. The van der Waals surface area contributed by atoms with Crippen LogP contribution in [0.4, 0.5) is 0 Å². The van der Waals surface area contributed by atoms with E-state index >= 15 is 0 Å². The zero-order chi connectivity index (χ0) is 21.8. The number of carbonyl (C=O) groups is 3. The molecule has 0 saturated heterocycles. The van der Waals surface area contributed by atoms with Crippen LogP contribution < -0.4 is 16.4 Å². The minimum atomic E-state index is -0.706. The third-order valence-corrected chi connectivity index (χ3v) is 4.95. The molecule has 0 aromatic rings. The van der Waals surface area contributed by atoms with Crippen LogP contribution in [0, 0.1) is 0 Å². The first-order valence-corrected chi connectivity index (χ1v) is 10.0. The maximum atomic E-state index is 12.4. The van der Waals surface area contributed by atoms with Gasteiger partial charge in [-0.25, -0.2) is 0 Å². The Labute approximate surface area is 169 Å². The van der Waals surface area contributed by atoms with Gasteiger partial charge in [-0.2, -0.15) is 0 Å². The summed E-state index contributed by atoms with van der Waals surface area (Å²) >= 11 is 0. The third kappa shape index (κ3) is 12.7. The van der Waals surface area contributed by atoms with Crippen molar-refractivity contribution in [3.63, 3.8) is 0 Å². The van der Waals surface area contributed by atoms with E-state index in [2.05, 4.69) is 24.5 Å². The van der Waals surface area contributed by atoms with Crippen LogP contribution in [-0.4, -0.2) is 54.7 Å². The maximum absolute atomic E-state index is 12.4. The molecule has 8 heteroatoms. The summed E-state index contributed by atoms with van der Waals surface area (Å²) in [6, 6.07) is 0. The molecule has 0 radical (unpaired) electrons. The number of hydrogen-bond donors (Lipinski definition) is 3. The lowest BCUT2D eigenvalue weighted by Gasteiger charge is -2.30. The number of rotatable bonds is 14. The maximum Gasteiger partial charge on any atom is 0.303 e. The first kappa shape index (κ1) is 26.3. The van der Waals surface area contributed by atoms with Crippen LogP contribution in [0.1, 0.15) is 73.6 Å². The topological polar surface area (TPSA) is 120 Å². The molecule has 0 aromatic heterocycles. The second-order valence-electron chi connectivity index (χ2n) is 7.97. The molecule has 1 amide bonds. The van der Waals surface area contributed by atoms with E-state index < -0.39 is 18.0 Å².